The van der Waals surface area contributed by atoms with Gasteiger partial charge in [0, 0.05) is 0 Å². The van der Waals surface area contributed by atoms with Crippen LogP contribution >= 0.6 is 0 Å². The lowest BCUT2D eigenvalue weighted by Gasteiger charge is -2.42. The predicted molar refractivity (Wildman–Crippen MR) is 71.2 cm³/mol. The third-order valence-electron chi connectivity index (χ3n) is 6.04. The molecule has 0 aromatic heterocycles. The average Bonchev–Trinajstić information content (AvgIpc) is 2.52. The van der Waals surface area contributed by atoms with Crippen molar-refractivity contribution in [3.63, 3.8) is 0 Å². The summed E-state index contributed by atoms with van der Waals surface area (Å²) in [6.07, 6.45) is 7.87. The number of hydrogen-bond donors (Lipinski definition) is 0. The predicted octanol–water partition coefficient (Wildman–Crippen LogP) is 4.91. The monoisotopic (exact) mass is 220 g/mol. The van der Waals surface area contributed by atoms with Crippen molar-refractivity contribution in [1.82, 2.24) is 0 Å². The van der Waals surface area contributed by atoms with Crippen molar-refractivity contribution in [3.05, 3.63) is 12.7 Å². The second kappa shape index (κ2) is 4.20. The average molecular weight is 220 g/mol. The van der Waals surface area contributed by atoms with Gasteiger partial charge in [-0.15, -0.1) is 6.58 Å². The molecule has 2 aliphatic carbocycles. The van der Waals surface area contributed by atoms with Crippen molar-refractivity contribution in [2.45, 2.75) is 53.4 Å². The lowest BCUT2D eigenvalue weighted by Crippen LogP contribution is -2.34. The maximum absolute atomic E-state index is 4.02. The normalized spacial score (nSPS) is 46.4. The van der Waals surface area contributed by atoms with Gasteiger partial charge in [0.05, 0.1) is 0 Å². The molecule has 2 aliphatic rings. The summed E-state index contributed by atoms with van der Waals surface area (Å²) in [6.45, 7) is 13.9. The first-order valence-electron chi connectivity index (χ1n) is 7.14. The van der Waals surface area contributed by atoms with Crippen molar-refractivity contribution in [2.24, 2.45) is 35.0 Å². The van der Waals surface area contributed by atoms with Gasteiger partial charge in [-0.3, -0.25) is 0 Å². The van der Waals surface area contributed by atoms with Crippen LogP contribution in [0.4, 0.5) is 0 Å². The third kappa shape index (κ3) is 1.65. The van der Waals surface area contributed by atoms with Crippen LogP contribution in [0.5, 0.6) is 0 Å². The van der Waals surface area contributed by atoms with Crippen molar-refractivity contribution < 1.29 is 0 Å². The van der Waals surface area contributed by atoms with E-state index in [1.807, 2.05) is 0 Å². The van der Waals surface area contributed by atoms with E-state index in [2.05, 4.69) is 40.3 Å². The van der Waals surface area contributed by atoms with E-state index in [-0.39, 0.29) is 0 Å². The molecule has 0 amide bonds. The van der Waals surface area contributed by atoms with Crippen molar-refractivity contribution in [2.75, 3.05) is 0 Å². The molecule has 0 spiro atoms. The fourth-order valence-corrected chi connectivity index (χ4v) is 4.80. The van der Waals surface area contributed by atoms with E-state index < -0.39 is 0 Å². The molecule has 0 bridgehead atoms. The minimum atomic E-state index is 0.583. The molecule has 0 heterocycles. The summed E-state index contributed by atoms with van der Waals surface area (Å²) in [4.78, 5) is 0. The molecule has 0 saturated heterocycles. The van der Waals surface area contributed by atoms with E-state index >= 15 is 0 Å². The Hall–Kier alpha value is -0.260. The summed E-state index contributed by atoms with van der Waals surface area (Å²) in [6, 6.07) is 0. The molecule has 0 aromatic carbocycles. The molecular formula is C16H28. The second-order valence-electron chi connectivity index (χ2n) is 6.77. The lowest BCUT2D eigenvalue weighted by molar-refractivity contribution is 0.0838. The molecule has 0 aliphatic heterocycles. The van der Waals surface area contributed by atoms with Crippen LogP contribution in [0.3, 0.4) is 0 Å². The van der Waals surface area contributed by atoms with Crippen LogP contribution in [0.25, 0.3) is 0 Å². The Bertz CT molecular complexity index is 263. The van der Waals surface area contributed by atoms with E-state index in [9.17, 15) is 0 Å². The van der Waals surface area contributed by atoms with Gasteiger partial charge in [0.1, 0.15) is 0 Å². The number of hydrogen-bond acceptors (Lipinski definition) is 0. The van der Waals surface area contributed by atoms with Gasteiger partial charge in [0.15, 0.2) is 0 Å². The largest absolute Gasteiger partial charge is 0.103 e. The van der Waals surface area contributed by atoms with Crippen LogP contribution in [0.2, 0.25) is 0 Å². The van der Waals surface area contributed by atoms with Crippen LogP contribution < -0.4 is 0 Å². The maximum atomic E-state index is 4.02. The van der Waals surface area contributed by atoms with Gasteiger partial charge in [-0.25, -0.2) is 0 Å². The van der Waals surface area contributed by atoms with Gasteiger partial charge < -0.3 is 0 Å². The fraction of sp³-hybridized carbons (Fsp3) is 0.875. The van der Waals surface area contributed by atoms with Crippen molar-refractivity contribution >= 4 is 0 Å². The first-order valence-corrected chi connectivity index (χ1v) is 7.14. The Balaban J connectivity index is 2.20. The van der Waals surface area contributed by atoms with E-state index in [4.69, 9.17) is 0 Å². The van der Waals surface area contributed by atoms with Crippen LogP contribution in [0.1, 0.15) is 53.4 Å². The highest BCUT2D eigenvalue weighted by molar-refractivity contribution is 5.03. The highest BCUT2D eigenvalue weighted by atomic mass is 14.6. The molecule has 0 radical (unpaired) electrons. The van der Waals surface area contributed by atoms with E-state index in [1.54, 1.807) is 0 Å². The van der Waals surface area contributed by atoms with Crippen LogP contribution in [-0.2, 0) is 0 Å². The van der Waals surface area contributed by atoms with Gasteiger partial charge in [-0.1, -0.05) is 40.2 Å². The zero-order chi connectivity index (χ0) is 11.9. The van der Waals surface area contributed by atoms with Gasteiger partial charge in [-0.2, -0.15) is 0 Å². The molecule has 0 aromatic rings. The highest BCUT2D eigenvalue weighted by Crippen LogP contribution is 2.59. The Labute approximate surface area is 102 Å². The van der Waals surface area contributed by atoms with Crippen LogP contribution in [0.15, 0.2) is 12.7 Å². The summed E-state index contributed by atoms with van der Waals surface area (Å²) in [5.41, 5.74) is 0.583. The van der Waals surface area contributed by atoms with E-state index in [0.717, 1.165) is 29.6 Å². The van der Waals surface area contributed by atoms with Crippen LogP contribution in [0, 0.1) is 35.0 Å². The Morgan fingerprint density at radius 2 is 2.00 bits per heavy atom. The molecule has 0 nitrogen and oxygen atoms in total. The molecule has 2 rings (SSSR count). The van der Waals surface area contributed by atoms with Crippen molar-refractivity contribution in [1.29, 1.82) is 0 Å². The number of fused-ring (bicyclic) bond motifs is 1. The Kier molecular flexibility index (Phi) is 3.20. The summed E-state index contributed by atoms with van der Waals surface area (Å²) in [5.74, 6) is 4.55. The molecule has 92 valence electrons. The van der Waals surface area contributed by atoms with Crippen molar-refractivity contribution in [3.8, 4) is 0 Å². The molecule has 2 fully saturated rings. The summed E-state index contributed by atoms with van der Waals surface area (Å²) < 4.78 is 0. The Morgan fingerprint density at radius 1 is 1.31 bits per heavy atom. The molecule has 0 heteroatoms. The lowest BCUT2D eigenvalue weighted by atomic mass is 9.63. The van der Waals surface area contributed by atoms with Gasteiger partial charge >= 0.3 is 0 Å². The second-order valence-corrected chi connectivity index (χ2v) is 6.77. The highest BCUT2D eigenvalue weighted by Gasteiger charge is 2.51. The van der Waals surface area contributed by atoms with E-state index in [1.165, 1.54) is 25.7 Å². The Morgan fingerprint density at radius 3 is 2.56 bits per heavy atom. The van der Waals surface area contributed by atoms with Gasteiger partial charge in [0.2, 0.25) is 0 Å². The summed E-state index contributed by atoms with van der Waals surface area (Å²) in [5, 5.41) is 0. The zero-order valence-electron chi connectivity index (χ0n) is 11.5. The minimum absolute atomic E-state index is 0.583. The van der Waals surface area contributed by atoms with Gasteiger partial charge in [0.25, 0.3) is 0 Å². The molecule has 5 atom stereocenters. The number of rotatable bonds is 2. The topological polar surface area (TPSA) is 0 Å². The molecule has 0 N–H and O–H groups in total. The summed E-state index contributed by atoms with van der Waals surface area (Å²) >= 11 is 0. The summed E-state index contributed by atoms with van der Waals surface area (Å²) in [7, 11) is 0. The molecule has 16 heavy (non-hydrogen) atoms. The quantitative estimate of drug-likeness (QED) is 0.580. The van der Waals surface area contributed by atoms with E-state index in [0.29, 0.717) is 5.41 Å². The SMILES string of the molecule is C=CC1CCC2C(CC(CC)C2(C)C)C1C. The number of allylic oxidation sites excluding steroid dienone is 1. The smallest absolute Gasteiger partial charge is 0.0208 e. The minimum Gasteiger partial charge on any atom is -0.103 e. The third-order valence-corrected chi connectivity index (χ3v) is 6.04. The van der Waals surface area contributed by atoms with Crippen LogP contribution in [-0.4, -0.2) is 0 Å². The molecule has 5 unspecified atom stereocenters. The fourth-order valence-electron chi connectivity index (χ4n) is 4.80. The zero-order valence-corrected chi connectivity index (χ0v) is 11.5. The molecule has 2 saturated carbocycles. The first-order chi connectivity index (χ1) is 7.52. The first kappa shape index (κ1) is 12.2. The standard InChI is InChI=1S/C16H28/c1-6-12-8-9-15-14(11(12)3)10-13(7-2)16(15,4)5/h6,11-15H,1,7-10H2,2-5H3. The van der Waals surface area contributed by atoms with Gasteiger partial charge in [-0.05, 0) is 54.3 Å². The maximum Gasteiger partial charge on any atom is -0.0208 e. The molecular weight excluding hydrogens is 192 g/mol.